The average Bonchev–Trinajstić information content (AvgIpc) is 3.01. The van der Waals surface area contributed by atoms with Crippen molar-refractivity contribution >= 4 is 33.1 Å². The number of nitrogens with two attached hydrogens (primary N) is 1. The van der Waals surface area contributed by atoms with Crippen molar-refractivity contribution in [3.8, 4) is 11.8 Å². The molecule has 27 heavy (non-hydrogen) atoms. The minimum atomic E-state index is -3.63. The number of anilines is 2. The van der Waals surface area contributed by atoms with Gasteiger partial charge in [-0.25, -0.2) is 13.1 Å². The van der Waals surface area contributed by atoms with Crippen molar-refractivity contribution in [1.29, 1.82) is 5.26 Å². The van der Waals surface area contributed by atoms with E-state index in [0.29, 0.717) is 22.8 Å². The summed E-state index contributed by atoms with van der Waals surface area (Å²) >= 11 is 5.93. The first kappa shape index (κ1) is 18.8. The van der Waals surface area contributed by atoms with Gasteiger partial charge in [0.15, 0.2) is 0 Å². The van der Waals surface area contributed by atoms with Crippen LogP contribution in [-0.2, 0) is 16.4 Å². The van der Waals surface area contributed by atoms with Crippen LogP contribution in [0.15, 0.2) is 54.7 Å². The molecule has 9 heteroatoms. The number of hydrogen-bond donors (Lipinski definition) is 2. The van der Waals surface area contributed by atoms with Gasteiger partial charge in [-0.05, 0) is 36.2 Å². The monoisotopic (exact) mass is 401 g/mol. The van der Waals surface area contributed by atoms with Crippen LogP contribution in [0.1, 0.15) is 11.1 Å². The molecule has 0 aliphatic carbocycles. The number of nitrogens with zero attached hydrogens (tertiary/aromatic N) is 3. The lowest BCUT2D eigenvalue weighted by Gasteiger charge is -2.13. The van der Waals surface area contributed by atoms with E-state index in [9.17, 15) is 8.42 Å². The fourth-order valence-electron chi connectivity index (χ4n) is 2.54. The van der Waals surface area contributed by atoms with E-state index < -0.39 is 10.0 Å². The summed E-state index contributed by atoms with van der Waals surface area (Å²) in [6.07, 6.45) is 1.65. The third-order valence-electron chi connectivity index (χ3n) is 3.87. The van der Waals surface area contributed by atoms with Crippen molar-refractivity contribution in [2.75, 3.05) is 16.2 Å². The number of nitrogens with one attached hydrogen (secondary N) is 1. The number of nitrogen functional groups attached to an aromatic ring is 1. The Morgan fingerprint density at radius 3 is 2.70 bits per heavy atom. The SMILES string of the molecule is N#Cc1cnn(-c2ccccc2NS(=O)(=O)CCc2cccc(Cl)c2)c1N. The molecule has 0 atom stereocenters. The highest BCUT2D eigenvalue weighted by atomic mass is 35.5. The van der Waals surface area contributed by atoms with Gasteiger partial charge in [0, 0.05) is 5.02 Å². The van der Waals surface area contributed by atoms with Crippen molar-refractivity contribution in [3.63, 3.8) is 0 Å². The molecular weight excluding hydrogens is 386 g/mol. The Morgan fingerprint density at radius 2 is 2.00 bits per heavy atom. The van der Waals surface area contributed by atoms with E-state index in [1.54, 1.807) is 42.5 Å². The highest BCUT2D eigenvalue weighted by Crippen LogP contribution is 2.25. The van der Waals surface area contributed by atoms with Crippen LogP contribution in [-0.4, -0.2) is 24.0 Å². The first-order valence-corrected chi connectivity index (χ1v) is 10.0. The Kier molecular flexibility index (Phi) is 5.35. The predicted octanol–water partition coefficient (Wildman–Crippen LogP) is 2.96. The molecule has 0 saturated heterocycles. The third-order valence-corrected chi connectivity index (χ3v) is 5.38. The van der Waals surface area contributed by atoms with Gasteiger partial charge in [-0.3, -0.25) is 4.72 Å². The minimum Gasteiger partial charge on any atom is -0.382 e. The second-order valence-corrected chi connectivity index (χ2v) is 8.06. The number of hydrogen-bond acceptors (Lipinski definition) is 5. The molecule has 1 aromatic heterocycles. The molecule has 1 heterocycles. The summed E-state index contributed by atoms with van der Waals surface area (Å²) in [5.74, 6) is 0.0303. The summed E-state index contributed by atoms with van der Waals surface area (Å²) in [5, 5.41) is 13.7. The molecule has 3 aromatic rings. The number of aryl methyl sites for hydroxylation is 1. The molecule has 0 amide bonds. The van der Waals surface area contributed by atoms with Crippen LogP contribution < -0.4 is 10.5 Å². The van der Waals surface area contributed by atoms with Crippen molar-refractivity contribution in [1.82, 2.24) is 9.78 Å². The maximum absolute atomic E-state index is 12.5. The topological polar surface area (TPSA) is 114 Å². The fraction of sp³-hybridized carbons (Fsp3) is 0.111. The van der Waals surface area contributed by atoms with Gasteiger partial charge in [0.2, 0.25) is 10.0 Å². The lowest BCUT2D eigenvalue weighted by atomic mass is 10.2. The van der Waals surface area contributed by atoms with Crippen molar-refractivity contribution in [2.45, 2.75) is 6.42 Å². The summed E-state index contributed by atoms with van der Waals surface area (Å²) in [5.41, 5.74) is 7.72. The van der Waals surface area contributed by atoms with Crippen molar-refractivity contribution < 1.29 is 8.42 Å². The van der Waals surface area contributed by atoms with Crippen molar-refractivity contribution in [3.05, 3.63) is 70.9 Å². The highest BCUT2D eigenvalue weighted by Gasteiger charge is 2.16. The molecule has 0 unspecified atom stereocenters. The van der Waals surface area contributed by atoms with Gasteiger partial charge >= 0.3 is 0 Å². The maximum atomic E-state index is 12.5. The van der Waals surface area contributed by atoms with E-state index in [0.717, 1.165) is 5.56 Å². The van der Waals surface area contributed by atoms with E-state index in [1.807, 2.05) is 12.1 Å². The van der Waals surface area contributed by atoms with Crippen LogP contribution in [0.3, 0.4) is 0 Å². The number of rotatable bonds is 6. The average molecular weight is 402 g/mol. The smallest absolute Gasteiger partial charge is 0.233 e. The van der Waals surface area contributed by atoms with Gasteiger partial charge in [-0.15, -0.1) is 0 Å². The Morgan fingerprint density at radius 1 is 1.22 bits per heavy atom. The van der Waals surface area contributed by atoms with E-state index in [1.165, 1.54) is 10.9 Å². The zero-order valence-corrected chi connectivity index (χ0v) is 15.7. The van der Waals surface area contributed by atoms with Crippen LogP contribution in [0.4, 0.5) is 11.5 Å². The third kappa shape index (κ3) is 4.39. The largest absolute Gasteiger partial charge is 0.382 e. The molecule has 0 radical (unpaired) electrons. The highest BCUT2D eigenvalue weighted by molar-refractivity contribution is 7.92. The molecule has 138 valence electrons. The lowest BCUT2D eigenvalue weighted by molar-refractivity contribution is 0.600. The summed E-state index contributed by atoms with van der Waals surface area (Å²) < 4.78 is 29.0. The van der Waals surface area contributed by atoms with Gasteiger partial charge in [0.05, 0.1) is 23.3 Å². The Bertz CT molecular complexity index is 1120. The summed E-state index contributed by atoms with van der Waals surface area (Å²) in [7, 11) is -3.63. The summed E-state index contributed by atoms with van der Waals surface area (Å²) in [6, 6.07) is 15.7. The number of benzene rings is 2. The predicted molar refractivity (Wildman–Crippen MR) is 105 cm³/mol. The van der Waals surface area contributed by atoms with Gasteiger partial charge < -0.3 is 5.73 Å². The molecule has 2 aromatic carbocycles. The van der Waals surface area contributed by atoms with Crippen LogP contribution >= 0.6 is 11.6 Å². The summed E-state index contributed by atoms with van der Waals surface area (Å²) in [4.78, 5) is 0. The molecule has 7 nitrogen and oxygen atoms in total. The number of para-hydroxylation sites is 2. The quantitative estimate of drug-likeness (QED) is 0.659. The zero-order valence-electron chi connectivity index (χ0n) is 14.1. The second kappa shape index (κ2) is 7.70. The lowest BCUT2D eigenvalue weighted by Crippen LogP contribution is -2.19. The first-order valence-electron chi connectivity index (χ1n) is 7.97. The molecule has 0 bridgehead atoms. The number of aromatic nitrogens is 2. The normalized spacial score (nSPS) is 11.1. The van der Waals surface area contributed by atoms with E-state index >= 15 is 0 Å². The molecule has 0 saturated carbocycles. The van der Waals surface area contributed by atoms with Gasteiger partial charge in [0.1, 0.15) is 17.5 Å². The second-order valence-electron chi connectivity index (χ2n) is 5.79. The summed E-state index contributed by atoms with van der Waals surface area (Å²) in [6.45, 7) is 0. The van der Waals surface area contributed by atoms with Gasteiger partial charge in [-0.1, -0.05) is 35.9 Å². The van der Waals surface area contributed by atoms with Crippen LogP contribution in [0, 0.1) is 11.3 Å². The zero-order chi connectivity index (χ0) is 19.4. The fourth-order valence-corrected chi connectivity index (χ4v) is 3.87. The minimum absolute atomic E-state index is 0.111. The van der Waals surface area contributed by atoms with E-state index in [4.69, 9.17) is 22.6 Å². The first-order chi connectivity index (χ1) is 12.9. The Hall–Kier alpha value is -3.02. The van der Waals surface area contributed by atoms with Gasteiger partial charge in [-0.2, -0.15) is 10.4 Å². The number of nitriles is 1. The number of halogens is 1. The molecular formula is C18H16ClN5O2S. The van der Waals surface area contributed by atoms with Crippen molar-refractivity contribution in [2.24, 2.45) is 0 Å². The maximum Gasteiger partial charge on any atom is 0.233 e. The molecule has 3 rings (SSSR count). The van der Waals surface area contributed by atoms with Crippen LogP contribution in [0.2, 0.25) is 5.02 Å². The molecule has 0 aliphatic heterocycles. The molecule has 0 fully saturated rings. The standard InChI is InChI=1S/C18H16ClN5O2S/c19-15-5-3-4-13(10-15)8-9-27(25,26)23-16-6-1-2-7-17(16)24-18(21)14(11-20)12-22-24/h1-7,10,12,23H,8-9,21H2. The van der Waals surface area contributed by atoms with E-state index in [2.05, 4.69) is 9.82 Å². The Balaban J connectivity index is 1.83. The van der Waals surface area contributed by atoms with Gasteiger partial charge in [0.25, 0.3) is 0 Å². The molecule has 0 aliphatic rings. The Labute approximate surface area is 162 Å². The van der Waals surface area contributed by atoms with E-state index in [-0.39, 0.29) is 17.1 Å². The van der Waals surface area contributed by atoms with Crippen LogP contribution in [0.5, 0.6) is 0 Å². The number of sulfonamides is 1. The molecule has 0 spiro atoms. The van der Waals surface area contributed by atoms with Crippen LogP contribution in [0.25, 0.3) is 5.69 Å². The molecule has 3 N–H and O–H groups in total.